The fraction of sp³-hybridized carbons (Fsp3) is 0.222. The molecule has 2 aromatic carbocycles. The summed E-state index contributed by atoms with van der Waals surface area (Å²) < 4.78 is 5.51. The fourth-order valence-electron chi connectivity index (χ4n) is 3.11. The first-order chi connectivity index (χ1) is 14.8. The smallest absolute Gasteiger partial charge is 0.319 e. The summed E-state index contributed by atoms with van der Waals surface area (Å²) in [6, 6.07) is 11.4. The van der Waals surface area contributed by atoms with Crippen LogP contribution in [0.5, 0.6) is 17.2 Å². The Labute approximate surface area is 182 Å². The third-order valence-electron chi connectivity index (χ3n) is 4.77. The number of phenolic OH excluding ortho intramolecular Hbond substituents is 2. The van der Waals surface area contributed by atoms with E-state index in [0.29, 0.717) is 17.1 Å². The minimum absolute atomic E-state index is 0.00115. The van der Waals surface area contributed by atoms with E-state index in [9.17, 15) is 15.0 Å². The van der Waals surface area contributed by atoms with Gasteiger partial charge in [0.25, 0.3) is 0 Å². The molecule has 0 fully saturated rings. The van der Waals surface area contributed by atoms with E-state index in [2.05, 4.69) is 25.3 Å². The lowest BCUT2D eigenvalue weighted by atomic mass is 9.96. The molecule has 4 heteroatoms. The van der Waals surface area contributed by atoms with Crippen LogP contribution in [0.25, 0.3) is 12.2 Å². The van der Waals surface area contributed by atoms with Crippen molar-refractivity contribution in [1.29, 1.82) is 0 Å². The summed E-state index contributed by atoms with van der Waals surface area (Å²) in [7, 11) is 0. The Morgan fingerprint density at radius 2 is 1.65 bits per heavy atom. The highest BCUT2D eigenvalue weighted by molar-refractivity contribution is 5.79. The molecule has 0 saturated carbocycles. The van der Waals surface area contributed by atoms with Gasteiger partial charge in [0.1, 0.15) is 17.2 Å². The van der Waals surface area contributed by atoms with Crippen molar-refractivity contribution >= 4 is 18.1 Å². The first-order valence-corrected chi connectivity index (χ1v) is 10.3. The molecule has 0 amide bonds. The molecule has 1 aliphatic rings. The van der Waals surface area contributed by atoms with Crippen LogP contribution in [0.15, 0.2) is 77.2 Å². The van der Waals surface area contributed by atoms with Crippen molar-refractivity contribution in [3.05, 3.63) is 88.4 Å². The quantitative estimate of drug-likeness (QED) is 0.251. The van der Waals surface area contributed by atoms with Crippen LogP contribution in [0.4, 0.5) is 0 Å². The van der Waals surface area contributed by atoms with E-state index in [0.717, 1.165) is 17.6 Å². The first-order valence-electron chi connectivity index (χ1n) is 10.3. The summed E-state index contributed by atoms with van der Waals surface area (Å²) in [5.74, 6) is 0.0510. The second-order valence-electron chi connectivity index (χ2n) is 7.99. The number of carbonyl (C=O) groups excluding carboxylic acids is 1. The van der Waals surface area contributed by atoms with Gasteiger partial charge in [0.2, 0.25) is 0 Å². The topological polar surface area (TPSA) is 66.8 Å². The van der Waals surface area contributed by atoms with Crippen molar-refractivity contribution in [3.8, 4) is 17.2 Å². The standard InChI is InChI=1S/C27H26O4/c1-18(2)14-21-6-10-23(11-7-21)19(3)27(30)31-26-16-22(15-25(29)17-26)5-4-20-8-12-24(28)13-9-20/h4-6,8-10,12-13,15-19,28-29H,14H2,1-3H3. The van der Waals surface area contributed by atoms with Gasteiger partial charge in [-0.2, -0.15) is 0 Å². The lowest BCUT2D eigenvalue weighted by Crippen LogP contribution is -2.19. The molecule has 158 valence electrons. The molecular weight excluding hydrogens is 388 g/mol. The summed E-state index contributed by atoms with van der Waals surface area (Å²) in [5, 5.41) is 19.4. The SMILES string of the molecule is CC(C)CC1=C=C=C(C(C)C(=O)Oc2cc(O)cc(C=Cc3ccc(O)cc3)c2)C=C1. The highest BCUT2D eigenvalue weighted by Gasteiger charge is 2.20. The molecule has 3 rings (SSSR count). The highest BCUT2D eigenvalue weighted by atomic mass is 16.5. The van der Waals surface area contributed by atoms with Gasteiger partial charge in [-0.3, -0.25) is 4.79 Å². The number of rotatable bonds is 7. The minimum Gasteiger partial charge on any atom is -0.508 e. The Bertz CT molecular complexity index is 1120. The Hall–Kier alpha value is -3.71. The molecule has 0 saturated heterocycles. The van der Waals surface area contributed by atoms with Gasteiger partial charge in [-0.1, -0.05) is 49.6 Å². The van der Waals surface area contributed by atoms with E-state index in [1.807, 2.05) is 18.2 Å². The molecule has 2 N–H and O–H groups in total. The molecule has 31 heavy (non-hydrogen) atoms. The molecule has 0 aliphatic heterocycles. The van der Waals surface area contributed by atoms with Crippen LogP contribution in [0.2, 0.25) is 0 Å². The number of ether oxygens (including phenoxy) is 1. The number of hydrogen-bond acceptors (Lipinski definition) is 4. The van der Waals surface area contributed by atoms with E-state index in [4.69, 9.17) is 4.74 Å². The number of hydrogen-bond donors (Lipinski definition) is 2. The molecule has 0 radical (unpaired) electrons. The Morgan fingerprint density at radius 3 is 2.29 bits per heavy atom. The number of phenols is 2. The number of allylic oxidation sites excluding steroid dienone is 3. The van der Waals surface area contributed by atoms with Crippen LogP contribution < -0.4 is 4.74 Å². The lowest BCUT2D eigenvalue weighted by Gasteiger charge is -2.13. The van der Waals surface area contributed by atoms with Crippen molar-refractivity contribution in [2.24, 2.45) is 11.8 Å². The Balaban J connectivity index is 1.73. The number of benzene rings is 2. The van der Waals surface area contributed by atoms with E-state index >= 15 is 0 Å². The maximum atomic E-state index is 12.6. The molecule has 1 unspecified atom stereocenters. The van der Waals surface area contributed by atoms with Crippen molar-refractivity contribution in [3.63, 3.8) is 0 Å². The zero-order valence-corrected chi connectivity index (χ0v) is 17.9. The molecule has 2 aromatic rings. The highest BCUT2D eigenvalue weighted by Crippen LogP contribution is 2.26. The third-order valence-corrected chi connectivity index (χ3v) is 4.77. The zero-order chi connectivity index (χ0) is 22.4. The number of carbonyl (C=O) groups is 1. The second kappa shape index (κ2) is 9.86. The normalized spacial score (nSPS) is 13.9. The molecule has 1 aliphatic carbocycles. The fourth-order valence-corrected chi connectivity index (χ4v) is 3.11. The van der Waals surface area contributed by atoms with Crippen LogP contribution in [-0.4, -0.2) is 16.2 Å². The summed E-state index contributed by atoms with van der Waals surface area (Å²) in [4.78, 5) is 12.6. The van der Waals surface area contributed by atoms with Gasteiger partial charge >= 0.3 is 5.97 Å². The summed E-state index contributed by atoms with van der Waals surface area (Å²) in [5.41, 5.74) is 9.55. The molecule has 0 aromatic heterocycles. The molecule has 4 nitrogen and oxygen atoms in total. The van der Waals surface area contributed by atoms with E-state index < -0.39 is 11.9 Å². The molecule has 1 atom stereocenters. The van der Waals surface area contributed by atoms with Gasteiger partial charge in [0.05, 0.1) is 5.92 Å². The van der Waals surface area contributed by atoms with Crippen molar-refractivity contribution in [1.82, 2.24) is 0 Å². The van der Waals surface area contributed by atoms with E-state index in [1.165, 1.54) is 6.07 Å². The molecule has 0 bridgehead atoms. The van der Waals surface area contributed by atoms with Gasteiger partial charge in [-0.15, -0.1) is 0 Å². The zero-order valence-electron chi connectivity index (χ0n) is 17.9. The average Bonchev–Trinajstić information content (AvgIpc) is 2.72. The monoisotopic (exact) mass is 414 g/mol. The summed E-state index contributed by atoms with van der Waals surface area (Å²) in [6.07, 6.45) is 8.40. The van der Waals surface area contributed by atoms with Crippen molar-refractivity contribution in [2.45, 2.75) is 27.2 Å². The maximum absolute atomic E-state index is 12.6. The Kier molecular flexibility index (Phi) is 6.99. The number of aromatic hydroxyl groups is 2. The van der Waals surface area contributed by atoms with Crippen molar-refractivity contribution < 1.29 is 19.7 Å². The van der Waals surface area contributed by atoms with Crippen LogP contribution >= 0.6 is 0 Å². The average molecular weight is 415 g/mol. The first kappa shape index (κ1) is 22.0. The van der Waals surface area contributed by atoms with E-state index in [1.54, 1.807) is 49.4 Å². The predicted octanol–water partition coefficient (Wildman–Crippen LogP) is 6.03. The Morgan fingerprint density at radius 1 is 0.935 bits per heavy atom. The molecule has 0 spiro atoms. The summed E-state index contributed by atoms with van der Waals surface area (Å²) >= 11 is 0. The largest absolute Gasteiger partial charge is 0.508 e. The van der Waals surface area contributed by atoms with Gasteiger partial charge in [0.15, 0.2) is 0 Å². The van der Waals surface area contributed by atoms with Crippen LogP contribution in [0, 0.1) is 11.8 Å². The third kappa shape index (κ3) is 6.38. The van der Waals surface area contributed by atoms with Gasteiger partial charge in [-0.25, -0.2) is 0 Å². The van der Waals surface area contributed by atoms with E-state index in [-0.39, 0.29) is 17.2 Å². The van der Waals surface area contributed by atoms with Gasteiger partial charge in [0, 0.05) is 17.2 Å². The predicted molar refractivity (Wildman–Crippen MR) is 123 cm³/mol. The van der Waals surface area contributed by atoms with Crippen molar-refractivity contribution in [2.75, 3.05) is 0 Å². The van der Waals surface area contributed by atoms with Crippen LogP contribution in [-0.2, 0) is 4.79 Å². The second-order valence-corrected chi connectivity index (χ2v) is 7.99. The maximum Gasteiger partial charge on any atom is 0.319 e. The summed E-state index contributed by atoms with van der Waals surface area (Å²) in [6.45, 7) is 6.05. The number of esters is 1. The minimum atomic E-state index is -0.511. The molecular formula is C27H26O4. The lowest BCUT2D eigenvalue weighted by molar-refractivity contribution is -0.137. The van der Waals surface area contributed by atoms with Crippen LogP contribution in [0.1, 0.15) is 38.3 Å². The molecule has 0 heterocycles. The van der Waals surface area contributed by atoms with Gasteiger partial charge < -0.3 is 14.9 Å². The van der Waals surface area contributed by atoms with Gasteiger partial charge in [-0.05, 0) is 66.8 Å². The van der Waals surface area contributed by atoms with Crippen LogP contribution in [0.3, 0.4) is 0 Å².